The summed E-state index contributed by atoms with van der Waals surface area (Å²) in [6.07, 6.45) is 17.0. The molecule has 0 fully saturated rings. The van der Waals surface area contributed by atoms with Crippen molar-refractivity contribution in [3.05, 3.63) is 78.1 Å². The molecule has 3 aromatic rings. The van der Waals surface area contributed by atoms with Crippen LogP contribution in [0.5, 0.6) is 5.75 Å². The van der Waals surface area contributed by atoms with Crippen LogP contribution in [0.2, 0.25) is 0 Å². The largest absolute Gasteiger partial charge is 0.490 e. The van der Waals surface area contributed by atoms with Gasteiger partial charge in [0, 0.05) is 17.5 Å². The molecule has 1 aromatic heterocycles. The van der Waals surface area contributed by atoms with Crippen molar-refractivity contribution in [3.63, 3.8) is 0 Å². The highest BCUT2D eigenvalue weighted by molar-refractivity contribution is 5.56. The van der Waals surface area contributed by atoms with Crippen molar-refractivity contribution in [2.45, 2.75) is 77.6 Å². The van der Waals surface area contributed by atoms with Gasteiger partial charge < -0.3 is 4.74 Å². The third-order valence-corrected chi connectivity index (χ3v) is 5.88. The van der Waals surface area contributed by atoms with E-state index in [1.807, 2.05) is 24.3 Å². The molecule has 178 valence electrons. The number of unbranched alkanes of at least 4 members (excludes halogenated alkanes) is 8. The monoisotopic (exact) mass is 454 g/mol. The van der Waals surface area contributed by atoms with E-state index in [-0.39, 0.29) is 0 Å². The molecule has 0 amide bonds. The van der Waals surface area contributed by atoms with Crippen LogP contribution in [0.1, 0.15) is 82.3 Å². The summed E-state index contributed by atoms with van der Waals surface area (Å²) in [6.45, 7) is 2.99. The average molecular weight is 455 g/mol. The smallest absolute Gasteiger partial charge is 0.159 e. The van der Waals surface area contributed by atoms with Gasteiger partial charge in [0.1, 0.15) is 0 Å². The summed E-state index contributed by atoms with van der Waals surface area (Å²) in [5.41, 5.74) is 3.39. The molecule has 3 rings (SSSR count). The fourth-order valence-electron chi connectivity index (χ4n) is 3.86. The standard InChI is InChI=1S/C31H38N2O/c1-2-3-4-5-6-7-8-15-24-34-30-25-32-31(33-26-30)29-22-20-28(21-23-29)19-14-10-13-18-27-16-11-9-12-17-27/h9,11-12,16-17,20-23,25-26H,2-8,10,13,15,18,24H2,1H3. The molecule has 0 saturated carbocycles. The van der Waals surface area contributed by atoms with Crippen molar-refractivity contribution in [2.24, 2.45) is 0 Å². The maximum Gasteiger partial charge on any atom is 0.159 e. The van der Waals surface area contributed by atoms with Crippen LogP contribution < -0.4 is 4.74 Å². The molecule has 3 heteroatoms. The number of nitrogens with zero attached hydrogens (tertiary/aromatic N) is 2. The van der Waals surface area contributed by atoms with E-state index in [9.17, 15) is 0 Å². The Labute approximate surface area is 206 Å². The number of benzene rings is 2. The molecule has 0 bridgehead atoms. The lowest BCUT2D eigenvalue weighted by molar-refractivity contribution is 0.302. The fourth-order valence-corrected chi connectivity index (χ4v) is 3.86. The van der Waals surface area contributed by atoms with E-state index in [4.69, 9.17) is 4.74 Å². The number of hydrogen-bond acceptors (Lipinski definition) is 3. The van der Waals surface area contributed by atoms with Crippen LogP contribution in [-0.2, 0) is 6.42 Å². The zero-order valence-electron chi connectivity index (χ0n) is 20.6. The molecule has 0 N–H and O–H groups in total. The lowest BCUT2D eigenvalue weighted by atomic mass is 10.1. The van der Waals surface area contributed by atoms with Gasteiger partial charge in [-0.2, -0.15) is 0 Å². The Bertz CT molecular complexity index is 986. The molecule has 0 radical (unpaired) electrons. The molecule has 0 spiro atoms. The summed E-state index contributed by atoms with van der Waals surface area (Å²) in [5, 5.41) is 0. The normalized spacial score (nSPS) is 10.5. The number of hydrogen-bond donors (Lipinski definition) is 0. The second-order valence-corrected chi connectivity index (χ2v) is 8.78. The number of aromatic nitrogens is 2. The molecule has 0 unspecified atom stereocenters. The first-order valence-corrected chi connectivity index (χ1v) is 12.9. The van der Waals surface area contributed by atoms with Crippen LogP contribution in [0, 0.1) is 11.8 Å². The average Bonchev–Trinajstić information content (AvgIpc) is 2.89. The van der Waals surface area contributed by atoms with Gasteiger partial charge in [-0.3, -0.25) is 0 Å². The molecule has 0 aliphatic carbocycles. The van der Waals surface area contributed by atoms with E-state index in [1.165, 1.54) is 50.5 Å². The highest BCUT2D eigenvalue weighted by Gasteiger charge is 2.02. The Balaban J connectivity index is 1.34. The predicted molar refractivity (Wildman–Crippen MR) is 142 cm³/mol. The lowest BCUT2D eigenvalue weighted by Crippen LogP contribution is -1.99. The first-order valence-electron chi connectivity index (χ1n) is 12.9. The van der Waals surface area contributed by atoms with Crippen molar-refractivity contribution >= 4 is 0 Å². The Morgan fingerprint density at radius 3 is 2.12 bits per heavy atom. The van der Waals surface area contributed by atoms with E-state index in [0.717, 1.165) is 49.2 Å². The van der Waals surface area contributed by atoms with E-state index in [2.05, 4.69) is 59.1 Å². The van der Waals surface area contributed by atoms with Crippen molar-refractivity contribution in [1.29, 1.82) is 0 Å². The maximum absolute atomic E-state index is 5.81. The van der Waals surface area contributed by atoms with Gasteiger partial charge >= 0.3 is 0 Å². The molecule has 34 heavy (non-hydrogen) atoms. The van der Waals surface area contributed by atoms with Gasteiger partial charge in [0.15, 0.2) is 11.6 Å². The third-order valence-electron chi connectivity index (χ3n) is 5.88. The highest BCUT2D eigenvalue weighted by Crippen LogP contribution is 2.18. The highest BCUT2D eigenvalue weighted by atomic mass is 16.5. The van der Waals surface area contributed by atoms with Crippen molar-refractivity contribution in [3.8, 4) is 29.0 Å². The first kappa shape index (κ1) is 25.5. The predicted octanol–water partition coefficient (Wildman–Crippen LogP) is 8.04. The molecular formula is C31H38N2O. The number of aryl methyl sites for hydroxylation is 1. The Morgan fingerprint density at radius 2 is 1.41 bits per heavy atom. The molecule has 1 heterocycles. The molecule has 0 atom stereocenters. The van der Waals surface area contributed by atoms with E-state index in [1.54, 1.807) is 12.4 Å². The minimum Gasteiger partial charge on any atom is -0.490 e. The Kier molecular flexibility index (Phi) is 11.8. The summed E-state index contributed by atoms with van der Waals surface area (Å²) in [6, 6.07) is 18.7. The maximum atomic E-state index is 5.81. The number of ether oxygens (including phenoxy) is 1. The van der Waals surface area contributed by atoms with Gasteiger partial charge in [0.05, 0.1) is 19.0 Å². The minimum absolute atomic E-state index is 0.710. The topological polar surface area (TPSA) is 35.0 Å². The summed E-state index contributed by atoms with van der Waals surface area (Å²) in [5.74, 6) is 7.99. The van der Waals surface area contributed by atoms with Gasteiger partial charge in [-0.05, 0) is 49.1 Å². The van der Waals surface area contributed by atoms with Gasteiger partial charge in [0.25, 0.3) is 0 Å². The third kappa shape index (κ3) is 9.79. The second-order valence-electron chi connectivity index (χ2n) is 8.78. The zero-order valence-corrected chi connectivity index (χ0v) is 20.6. The first-order chi connectivity index (χ1) is 16.8. The molecule has 0 aliphatic heterocycles. The van der Waals surface area contributed by atoms with E-state index < -0.39 is 0 Å². The summed E-state index contributed by atoms with van der Waals surface area (Å²) >= 11 is 0. The van der Waals surface area contributed by atoms with Crippen LogP contribution in [-0.4, -0.2) is 16.6 Å². The molecule has 0 aliphatic rings. The van der Waals surface area contributed by atoms with Crippen molar-refractivity contribution in [1.82, 2.24) is 9.97 Å². The van der Waals surface area contributed by atoms with Crippen LogP contribution in [0.3, 0.4) is 0 Å². The summed E-state index contributed by atoms with van der Waals surface area (Å²) in [7, 11) is 0. The van der Waals surface area contributed by atoms with Crippen LogP contribution in [0.25, 0.3) is 11.4 Å². The lowest BCUT2D eigenvalue weighted by Gasteiger charge is -2.06. The molecule has 3 nitrogen and oxygen atoms in total. The van der Waals surface area contributed by atoms with Crippen LogP contribution >= 0.6 is 0 Å². The minimum atomic E-state index is 0.710. The zero-order chi connectivity index (χ0) is 23.7. The van der Waals surface area contributed by atoms with Gasteiger partial charge in [-0.1, -0.05) is 94.0 Å². The Hall–Kier alpha value is -3.12. The SMILES string of the molecule is CCCCCCCCCCOc1cnc(-c2ccc(C#CCCCc3ccccc3)cc2)nc1. The van der Waals surface area contributed by atoms with Gasteiger partial charge in [0.2, 0.25) is 0 Å². The fraction of sp³-hybridized carbons (Fsp3) is 0.419. The van der Waals surface area contributed by atoms with Crippen molar-refractivity contribution in [2.75, 3.05) is 6.61 Å². The summed E-state index contributed by atoms with van der Waals surface area (Å²) in [4.78, 5) is 8.96. The van der Waals surface area contributed by atoms with Crippen LogP contribution in [0.15, 0.2) is 67.0 Å². The van der Waals surface area contributed by atoms with E-state index >= 15 is 0 Å². The quantitative estimate of drug-likeness (QED) is 0.183. The molecular weight excluding hydrogens is 416 g/mol. The Morgan fingerprint density at radius 1 is 0.735 bits per heavy atom. The molecule has 2 aromatic carbocycles. The molecule has 0 saturated heterocycles. The van der Waals surface area contributed by atoms with E-state index in [0.29, 0.717) is 5.82 Å². The van der Waals surface area contributed by atoms with Gasteiger partial charge in [-0.15, -0.1) is 0 Å². The second kappa shape index (κ2) is 15.7. The van der Waals surface area contributed by atoms with Crippen LogP contribution in [0.4, 0.5) is 0 Å². The summed E-state index contributed by atoms with van der Waals surface area (Å²) < 4.78 is 5.81. The number of rotatable bonds is 14. The van der Waals surface area contributed by atoms with Crippen molar-refractivity contribution < 1.29 is 4.74 Å². The van der Waals surface area contributed by atoms with Gasteiger partial charge in [-0.25, -0.2) is 9.97 Å².